The SMILES string of the molecule is CCNC(Cc1ccc(Cl)c(Cl)c1)c1ccc(F)cc1Br. The molecule has 0 saturated carbocycles. The molecule has 0 aliphatic carbocycles. The Balaban J connectivity index is 2.28. The van der Waals surface area contributed by atoms with Gasteiger partial charge in [0.05, 0.1) is 10.0 Å². The first-order valence-corrected chi connectivity index (χ1v) is 8.18. The second-order valence-corrected chi connectivity index (χ2v) is 6.40. The first kappa shape index (κ1) is 16.8. The molecule has 5 heteroatoms. The Morgan fingerprint density at radius 2 is 1.90 bits per heavy atom. The van der Waals surface area contributed by atoms with E-state index >= 15 is 0 Å². The molecule has 2 aromatic rings. The van der Waals surface area contributed by atoms with Crippen LogP contribution in [0.3, 0.4) is 0 Å². The van der Waals surface area contributed by atoms with Crippen LogP contribution >= 0.6 is 39.1 Å². The summed E-state index contributed by atoms with van der Waals surface area (Å²) in [7, 11) is 0. The van der Waals surface area contributed by atoms with Crippen molar-refractivity contribution in [1.82, 2.24) is 5.32 Å². The highest BCUT2D eigenvalue weighted by molar-refractivity contribution is 9.10. The third-order valence-corrected chi connectivity index (χ3v) is 4.64. The maximum absolute atomic E-state index is 13.2. The molecule has 1 N–H and O–H groups in total. The molecule has 2 aromatic carbocycles. The van der Waals surface area contributed by atoms with Gasteiger partial charge in [-0.1, -0.05) is 58.2 Å². The standard InChI is InChI=1S/C16H15BrCl2FN/c1-2-21-16(12-5-4-11(20)9-13(12)17)8-10-3-6-14(18)15(19)7-10/h3-7,9,16,21H,2,8H2,1H3. The van der Waals surface area contributed by atoms with Gasteiger partial charge in [0.2, 0.25) is 0 Å². The molecule has 0 aliphatic rings. The Morgan fingerprint density at radius 3 is 2.52 bits per heavy atom. The van der Waals surface area contributed by atoms with E-state index in [1.807, 2.05) is 19.1 Å². The quantitative estimate of drug-likeness (QED) is 0.681. The lowest BCUT2D eigenvalue weighted by molar-refractivity contribution is 0.545. The first-order valence-electron chi connectivity index (χ1n) is 6.63. The molecule has 1 atom stereocenters. The van der Waals surface area contributed by atoms with Gasteiger partial charge in [-0.3, -0.25) is 0 Å². The number of benzene rings is 2. The summed E-state index contributed by atoms with van der Waals surface area (Å²) in [5.74, 6) is -0.254. The summed E-state index contributed by atoms with van der Waals surface area (Å²) in [5.41, 5.74) is 2.09. The van der Waals surface area contributed by atoms with Crippen LogP contribution in [0.15, 0.2) is 40.9 Å². The van der Waals surface area contributed by atoms with Gasteiger partial charge in [0.15, 0.2) is 0 Å². The summed E-state index contributed by atoms with van der Waals surface area (Å²) in [4.78, 5) is 0. The smallest absolute Gasteiger partial charge is 0.124 e. The monoisotopic (exact) mass is 389 g/mol. The Bertz CT molecular complexity index is 634. The highest BCUT2D eigenvalue weighted by Crippen LogP contribution is 2.29. The van der Waals surface area contributed by atoms with E-state index in [1.54, 1.807) is 12.1 Å². The van der Waals surface area contributed by atoms with Crippen molar-refractivity contribution in [2.75, 3.05) is 6.54 Å². The highest BCUT2D eigenvalue weighted by atomic mass is 79.9. The maximum Gasteiger partial charge on any atom is 0.124 e. The molecule has 0 spiro atoms. The lowest BCUT2D eigenvalue weighted by Gasteiger charge is -2.20. The van der Waals surface area contributed by atoms with Crippen LogP contribution in [-0.2, 0) is 6.42 Å². The van der Waals surface area contributed by atoms with Crippen LogP contribution in [0.25, 0.3) is 0 Å². The third-order valence-electron chi connectivity index (χ3n) is 3.21. The molecule has 0 saturated heterocycles. The van der Waals surface area contributed by atoms with Gasteiger partial charge in [-0.15, -0.1) is 0 Å². The van der Waals surface area contributed by atoms with Crippen molar-refractivity contribution >= 4 is 39.1 Å². The predicted octanol–water partition coefficient (Wildman–Crippen LogP) is 5.79. The van der Waals surface area contributed by atoms with Gasteiger partial charge < -0.3 is 5.32 Å². The summed E-state index contributed by atoms with van der Waals surface area (Å²) >= 11 is 15.4. The van der Waals surface area contributed by atoms with Crippen LogP contribution in [0, 0.1) is 5.82 Å². The van der Waals surface area contributed by atoms with Crippen molar-refractivity contribution in [1.29, 1.82) is 0 Å². The predicted molar refractivity (Wildman–Crippen MR) is 90.7 cm³/mol. The molecule has 0 fully saturated rings. The number of likely N-dealkylation sites (N-methyl/N-ethyl adjacent to an activating group) is 1. The molecule has 0 amide bonds. The molecule has 21 heavy (non-hydrogen) atoms. The second-order valence-electron chi connectivity index (χ2n) is 4.73. The van der Waals surface area contributed by atoms with Gasteiger partial charge in [-0.05, 0) is 48.4 Å². The van der Waals surface area contributed by atoms with E-state index in [4.69, 9.17) is 23.2 Å². The topological polar surface area (TPSA) is 12.0 Å². The number of hydrogen-bond donors (Lipinski definition) is 1. The molecule has 1 nitrogen and oxygen atoms in total. The van der Waals surface area contributed by atoms with Crippen molar-refractivity contribution in [2.45, 2.75) is 19.4 Å². The van der Waals surface area contributed by atoms with E-state index in [2.05, 4.69) is 21.2 Å². The fourth-order valence-electron chi connectivity index (χ4n) is 2.22. The van der Waals surface area contributed by atoms with Crippen molar-refractivity contribution < 1.29 is 4.39 Å². The number of hydrogen-bond acceptors (Lipinski definition) is 1. The van der Waals surface area contributed by atoms with Crippen molar-refractivity contribution in [2.24, 2.45) is 0 Å². The third kappa shape index (κ3) is 4.43. The zero-order chi connectivity index (χ0) is 15.4. The summed E-state index contributed by atoms with van der Waals surface area (Å²) in [6.45, 7) is 2.86. The van der Waals surface area contributed by atoms with Gasteiger partial charge in [0.1, 0.15) is 5.82 Å². The minimum atomic E-state index is -0.254. The van der Waals surface area contributed by atoms with Crippen LogP contribution in [0.2, 0.25) is 10.0 Å². The second kappa shape index (κ2) is 7.59. The van der Waals surface area contributed by atoms with E-state index in [0.29, 0.717) is 10.0 Å². The van der Waals surface area contributed by atoms with Crippen LogP contribution in [-0.4, -0.2) is 6.54 Å². The van der Waals surface area contributed by atoms with Crippen LogP contribution in [0.4, 0.5) is 4.39 Å². The lowest BCUT2D eigenvalue weighted by Crippen LogP contribution is -2.23. The highest BCUT2D eigenvalue weighted by Gasteiger charge is 2.15. The minimum absolute atomic E-state index is 0.0715. The fraction of sp³-hybridized carbons (Fsp3) is 0.250. The summed E-state index contributed by atoms with van der Waals surface area (Å²) in [6.07, 6.45) is 0.745. The van der Waals surface area contributed by atoms with Gasteiger partial charge in [-0.25, -0.2) is 4.39 Å². The molecule has 0 heterocycles. The number of rotatable bonds is 5. The van der Waals surface area contributed by atoms with Gasteiger partial charge in [0.25, 0.3) is 0 Å². The van der Waals surface area contributed by atoms with Crippen molar-refractivity contribution in [3.63, 3.8) is 0 Å². The summed E-state index contributed by atoms with van der Waals surface area (Å²) < 4.78 is 14.0. The molecular weight excluding hydrogens is 376 g/mol. The Kier molecular flexibility index (Phi) is 6.06. The lowest BCUT2D eigenvalue weighted by atomic mass is 9.98. The molecule has 2 rings (SSSR count). The van der Waals surface area contributed by atoms with Gasteiger partial charge in [-0.2, -0.15) is 0 Å². The minimum Gasteiger partial charge on any atom is -0.310 e. The van der Waals surface area contributed by atoms with E-state index in [0.717, 1.165) is 28.6 Å². The maximum atomic E-state index is 13.2. The van der Waals surface area contributed by atoms with Crippen molar-refractivity contribution in [3.8, 4) is 0 Å². The molecule has 0 radical (unpaired) electrons. The van der Waals surface area contributed by atoms with E-state index in [-0.39, 0.29) is 11.9 Å². The van der Waals surface area contributed by atoms with Crippen LogP contribution < -0.4 is 5.32 Å². The fourth-order valence-corrected chi connectivity index (χ4v) is 3.17. The number of halogens is 4. The van der Waals surface area contributed by atoms with E-state index in [9.17, 15) is 4.39 Å². The normalized spacial score (nSPS) is 12.4. The summed E-state index contributed by atoms with van der Waals surface area (Å²) in [6, 6.07) is 10.4. The largest absolute Gasteiger partial charge is 0.310 e. The first-order chi connectivity index (χ1) is 10.0. The molecular formula is C16H15BrCl2FN. The van der Waals surface area contributed by atoms with Crippen molar-refractivity contribution in [3.05, 3.63) is 67.9 Å². The van der Waals surface area contributed by atoms with Gasteiger partial charge >= 0.3 is 0 Å². The zero-order valence-electron chi connectivity index (χ0n) is 11.5. The molecule has 1 unspecified atom stereocenters. The molecule has 0 aromatic heterocycles. The average Bonchev–Trinajstić information content (AvgIpc) is 2.42. The molecule has 0 bridgehead atoms. The van der Waals surface area contributed by atoms with Crippen LogP contribution in [0.1, 0.15) is 24.1 Å². The average molecular weight is 391 g/mol. The molecule has 112 valence electrons. The Labute approximate surface area is 142 Å². The number of nitrogens with one attached hydrogen (secondary N) is 1. The Morgan fingerprint density at radius 1 is 1.14 bits per heavy atom. The Hall–Kier alpha value is -0.610. The zero-order valence-corrected chi connectivity index (χ0v) is 14.6. The van der Waals surface area contributed by atoms with Crippen LogP contribution in [0.5, 0.6) is 0 Å². The summed E-state index contributed by atoms with van der Waals surface area (Å²) in [5, 5.41) is 4.50. The van der Waals surface area contributed by atoms with E-state index < -0.39 is 0 Å². The van der Waals surface area contributed by atoms with Gasteiger partial charge in [0, 0.05) is 10.5 Å². The van der Waals surface area contributed by atoms with E-state index in [1.165, 1.54) is 12.1 Å². The molecule has 0 aliphatic heterocycles.